The lowest BCUT2D eigenvalue weighted by Gasteiger charge is -2.35. The van der Waals surface area contributed by atoms with Crippen molar-refractivity contribution in [1.82, 2.24) is 19.8 Å². The van der Waals surface area contributed by atoms with Crippen LogP contribution in [0.25, 0.3) is 0 Å². The molecule has 3 aliphatic rings. The molecule has 1 aromatic carbocycles. The fourth-order valence-corrected chi connectivity index (χ4v) is 4.66. The van der Waals surface area contributed by atoms with E-state index in [0.717, 1.165) is 74.3 Å². The minimum atomic E-state index is 0.0942. The maximum absolute atomic E-state index is 13.0. The number of carbonyl (C=O) groups excluding carboxylic acids is 1. The van der Waals surface area contributed by atoms with Crippen molar-refractivity contribution < 1.29 is 4.79 Å². The Kier molecular flexibility index (Phi) is 5.29. The van der Waals surface area contributed by atoms with Crippen molar-refractivity contribution in [3.05, 3.63) is 47.2 Å². The molecule has 30 heavy (non-hydrogen) atoms. The van der Waals surface area contributed by atoms with Gasteiger partial charge in [0.1, 0.15) is 5.82 Å². The zero-order valence-corrected chi connectivity index (χ0v) is 17.8. The summed E-state index contributed by atoms with van der Waals surface area (Å²) in [5, 5.41) is 0. The number of amides is 1. The number of hydrogen-bond acceptors (Lipinski definition) is 6. The van der Waals surface area contributed by atoms with Crippen LogP contribution in [0.15, 0.2) is 30.3 Å². The summed E-state index contributed by atoms with van der Waals surface area (Å²) < 4.78 is 0. The second kappa shape index (κ2) is 8.22. The van der Waals surface area contributed by atoms with Crippen LogP contribution in [0.5, 0.6) is 0 Å². The summed E-state index contributed by atoms with van der Waals surface area (Å²) in [6.45, 7) is 7.40. The molecule has 0 saturated carbocycles. The molecule has 0 N–H and O–H groups in total. The van der Waals surface area contributed by atoms with Gasteiger partial charge in [-0.3, -0.25) is 4.79 Å². The van der Waals surface area contributed by atoms with E-state index in [1.165, 1.54) is 12.8 Å². The Labute approximate surface area is 178 Å². The van der Waals surface area contributed by atoms with Crippen molar-refractivity contribution in [2.45, 2.75) is 25.8 Å². The molecule has 0 unspecified atom stereocenters. The number of benzene rings is 1. The molecule has 0 spiro atoms. The van der Waals surface area contributed by atoms with E-state index < -0.39 is 0 Å². The molecule has 158 valence electrons. The summed E-state index contributed by atoms with van der Waals surface area (Å²) in [6.07, 6.45) is 3.20. The predicted octanol–water partition coefficient (Wildman–Crippen LogP) is 2.03. The Bertz CT molecular complexity index is 903. The number of fused-ring (bicyclic) bond motifs is 1. The third kappa shape index (κ3) is 3.74. The molecule has 2 aromatic rings. The number of piperazine rings is 1. The molecule has 2 fully saturated rings. The van der Waals surface area contributed by atoms with Crippen molar-refractivity contribution >= 4 is 17.7 Å². The predicted molar refractivity (Wildman–Crippen MR) is 118 cm³/mol. The summed E-state index contributed by atoms with van der Waals surface area (Å²) in [6, 6.07) is 9.58. The third-order valence-electron chi connectivity index (χ3n) is 6.53. The second-order valence-corrected chi connectivity index (χ2v) is 8.60. The average molecular weight is 407 g/mol. The molecule has 0 atom stereocenters. The fraction of sp³-hybridized carbons (Fsp3) is 0.522. The van der Waals surface area contributed by atoms with Crippen LogP contribution in [0.4, 0.5) is 11.8 Å². The Morgan fingerprint density at radius 3 is 2.33 bits per heavy atom. The van der Waals surface area contributed by atoms with E-state index in [4.69, 9.17) is 9.97 Å². The van der Waals surface area contributed by atoms with E-state index in [9.17, 15) is 4.79 Å². The van der Waals surface area contributed by atoms with E-state index in [1.54, 1.807) is 0 Å². The molecule has 4 heterocycles. The Balaban J connectivity index is 1.46. The topological polar surface area (TPSA) is 55.8 Å². The number of carbonyl (C=O) groups is 1. The first kappa shape index (κ1) is 19.3. The fourth-order valence-electron chi connectivity index (χ4n) is 4.66. The lowest BCUT2D eigenvalue weighted by molar-refractivity contribution is 0.0733. The van der Waals surface area contributed by atoms with Crippen molar-refractivity contribution in [1.29, 1.82) is 0 Å². The SMILES string of the molecule is CN1CCN(c2nc3c(c(N4CCCC4)n2)CN(C(=O)c2ccccc2)CC3)CC1. The van der Waals surface area contributed by atoms with E-state index >= 15 is 0 Å². The number of anilines is 2. The van der Waals surface area contributed by atoms with Gasteiger partial charge in [-0.05, 0) is 32.0 Å². The molecule has 1 amide bonds. The number of likely N-dealkylation sites (N-methyl/N-ethyl adjacent to an activating group) is 1. The van der Waals surface area contributed by atoms with Crippen LogP contribution in [0.1, 0.15) is 34.5 Å². The zero-order valence-electron chi connectivity index (χ0n) is 17.8. The maximum atomic E-state index is 13.0. The van der Waals surface area contributed by atoms with E-state index in [-0.39, 0.29) is 5.91 Å². The molecule has 0 aliphatic carbocycles. The second-order valence-electron chi connectivity index (χ2n) is 8.60. The van der Waals surface area contributed by atoms with Crippen molar-refractivity contribution in [2.24, 2.45) is 0 Å². The van der Waals surface area contributed by atoms with Crippen molar-refractivity contribution in [3.8, 4) is 0 Å². The number of rotatable bonds is 3. The highest BCUT2D eigenvalue weighted by Gasteiger charge is 2.30. The van der Waals surface area contributed by atoms with Gasteiger partial charge in [0, 0.05) is 63.4 Å². The van der Waals surface area contributed by atoms with E-state index in [1.807, 2.05) is 35.2 Å². The monoisotopic (exact) mass is 406 g/mol. The highest BCUT2D eigenvalue weighted by molar-refractivity contribution is 5.94. The standard InChI is InChI=1S/C23H30N6O/c1-26-13-15-28(16-14-26)23-24-20-9-12-29(22(30)18-7-3-2-4-8-18)17-19(20)21(25-23)27-10-5-6-11-27/h2-4,7-8H,5-6,9-17H2,1H3. The smallest absolute Gasteiger partial charge is 0.254 e. The minimum Gasteiger partial charge on any atom is -0.356 e. The molecule has 0 bridgehead atoms. The van der Waals surface area contributed by atoms with Crippen LogP contribution < -0.4 is 9.80 Å². The summed E-state index contributed by atoms with van der Waals surface area (Å²) in [4.78, 5) is 32.1. The summed E-state index contributed by atoms with van der Waals surface area (Å²) >= 11 is 0. The number of nitrogens with zero attached hydrogens (tertiary/aromatic N) is 6. The van der Waals surface area contributed by atoms with Gasteiger partial charge in [0.15, 0.2) is 0 Å². The molecular formula is C23H30N6O. The average Bonchev–Trinajstić information content (AvgIpc) is 3.33. The molecule has 0 radical (unpaired) electrons. The summed E-state index contributed by atoms with van der Waals surface area (Å²) in [5.74, 6) is 2.01. The minimum absolute atomic E-state index is 0.0942. The van der Waals surface area contributed by atoms with Crippen LogP contribution in [0.3, 0.4) is 0 Å². The molecule has 1 aromatic heterocycles. The van der Waals surface area contributed by atoms with Crippen LogP contribution >= 0.6 is 0 Å². The first-order chi connectivity index (χ1) is 14.7. The van der Waals surface area contributed by atoms with Crippen molar-refractivity contribution in [2.75, 3.05) is 62.7 Å². The van der Waals surface area contributed by atoms with Crippen LogP contribution in [0.2, 0.25) is 0 Å². The lowest BCUT2D eigenvalue weighted by Crippen LogP contribution is -2.45. The van der Waals surface area contributed by atoms with Crippen LogP contribution in [0, 0.1) is 0 Å². The number of hydrogen-bond donors (Lipinski definition) is 0. The van der Waals surface area contributed by atoms with E-state index in [2.05, 4.69) is 21.7 Å². The molecule has 3 aliphatic heterocycles. The van der Waals surface area contributed by atoms with Gasteiger partial charge in [-0.25, -0.2) is 4.98 Å². The zero-order chi connectivity index (χ0) is 20.5. The molecule has 5 rings (SSSR count). The van der Waals surface area contributed by atoms with Crippen molar-refractivity contribution in [3.63, 3.8) is 0 Å². The molecular weight excluding hydrogens is 376 g/mol. The lowest BCUT2D eigenvalue weighted by atomic mass is 10.0. The Hall–Kier alpha value is -2.67. The highest BCUT2D eigenvalue weighted by atomic mass is 16.2. The van der Waals surface area contributed by atoms with Gasteiger partial charge in [0.25, 0.3) is 5.91 Å². The summed E-state index contributed by atoms with van der Waals surface area (Å²) in [5.41, 5.74) is 3.02. The van der Waals surface area contributed by atoms with E-state index in [0.29, 0.717) is 13.1 Å². The van der Waals surface area contributed by atoms with Gasteiger partial charge in [-0.1, -0.05) is 18.2 Å². The Morgan fingerprint density at radius 2 is 1.60 bits per heavy atom. The summed E-state index contributed by atoms with van der Waals surface area (Å²) in [7, 11) is 2.17. The van der Waals surface area contributed by atoms with Crippen LogP contribution in [-0.4, -0.2) is 78.5 Å². The largest absolute Gasteiger partial charge is 0.356 e. The molecule has 7 heteroatoms. The van der Waals surface area contributed by atoms with Gasteiger partial charge in [-0.2, -0.15) is 4.98 Å². The first-order valence-corrected chi connectivity index (χ1v) is 11.1. The molecule has 7 nitrogen and oxygen atoms in total. The van der Waals surface area contributed by atoms with Gasteiger partial charge in [0.2, 0.25) is 5.95 Å². The first-order valence-electron chi connectivity index (χ1n) is 11.1. The van der Waals surface area contributed by atoms with Gasteiger partial charge < -0.3 is 19.6 Å². The quantitative estimate of drug-likeness (QED) is 0.778. The highest BCUT2D eigenvalue weighted by Crippen LogP contribution is 2.31. The molecule has 2 saturated heterocycles. The third-order valence-corrected chi connectivity index (χ3v) is 6.53. The van der Waals surface area contributed by atoms with Gasteiger partial charge in [-0.15, -0.1) is 0 Å². The van der Waals surface area contributed by atoms with Gasteiger partial charge >= 0.3 is 0 Å². The van der Waals surface area contributed by atoms with Gasteiger partial charge in [0.05, 0.1) is 12.2 Å². The van der Waals surface area contributed by atoms with Crippen LogP contribution in [-0.2, 0) is 13.0 Å². The number of aromatic nitrogens is 2. The Morgan fingerprint density at radius 1 is 0.867 bits per heavy atom. The normalized spacial score (nSPS) is 19.8. The maximum Gasteiger partial charge on any atom is 0.254 e.